The molecule has 1 aromatic heterocycles. The summed E-state index contributed by atoms with van der Waals surface area (Å²) in [5.74, 6) is -0.853. The zero-order valence-electron chi connectivity index (χ0n) is 10.7. The van der Waals surface area contributed by atoms with Crippen molar-refractivity contribution in [3.05, 3.63) is 18.0 Å². The summed E-state index contributed by atoms with van der Waals surface area (Å²) in [5, 5.41) is 13.5. The van der Waals surface area contributed by atoms with E-state index in [9.17, 15) is 9.90 Å². The van der Waals surface area contributed by atoms with Gasteiger partial charge in [-0.1, -0.05) is 13.8 Å². The van der Waals surface area contributed by atoms with Crippen molar-refractivity contribution in [1.82, 2.24) is 9.78 Å². The summed E-state index contributed by atoms with van der Waals surface area (Å²) >= 11 is 0. The van der Waals surface area contributed by atoms with Crippen molar-refractivity contribution in [3.63, 3.8) is 0 Å². The topological polar surface area (TPSA) is 55.1 Å². The van der Waals surface area contributed by atoms with Crippen molar-refractivity contribution in [2.45, 2.75) is 39.0 Å². The molecule has 4 nitrogen and oxygen atoms in total. The van der Waals surface area contributed by atoms with E-state index in [0.29, 0.717) is 0 Å². The van der Waals surface area contributed by atoms with E-state index in [0.717, 1.165) is 25.0 Å². The van der Waals surface area contributed by atoms with E-state index in [-0.39, 0.29) is 17.3 Å². The molecule has 0 saturated heterocycles. The van der Waals surface area contributed by atoms with E-state index in [4.69, 9.17) is 0 Å². The zero-order chi connectivity index (χ0) is 12.6. The van der Waals surface area contributed by atoms with Crippen LogP contribution in [0.2, 0.25) is 0 Å². The van der Waals surface area contributed by atoms with Crippen molar-refractivity contribution in [1.29, 1.82) is 0 Å². The molecule has 0 bridgehead atoms. The predicted molar refractivity (Wildman–Crippen MR) is 64.7 cm³/mol. The minimum atomic E-state index is -0.674. The molecule has 1 N–H and O–H groups in total. The van der Waals surface area contributed by atoms with Crippen molar-refractivity contribution in [2.24, 2.45) is 18.4 Å². The molecule has 1 fully saturated rings. The van der Waals surface area contributed by atoms with Crippen LogP contribution < -0.4 is 0 Å². The minimum Gasteiger partial charge on any atom is -0.481 e. The van der Waals surface area contributed by atoms with Gasteiger partial charge in [-0.3, -0.25) is 9.48 Å². The lowest BCUT2D eigenvalue weighted by Crippen LogP contribution is -2.33. The molecule has 1 heterocycles. The van der Waals surface area contributed by atoms with Gasteiger partial charge in [-0.2, -0.15) is 5.10 Å². The first-order valence-electron chi connectivity index (χ1n) is 6.11. The Morgan fingerprint density at radius 2 is 2.29 bits per heavy atom. The number of nitrogens with zero attached hydrogens (tertiary/aromatic N) is 2. The maximum atomic E-state index is 11.4. The molecule has 1 aromatic rings. The number of carboxylic acids is 1. The average Bonchev–Trinajstić information content (AvgIpc) is 2.62. The smallest absolute Gasteiger partial charge is 0.307 e. The van der Waals surface area contributed by atoms with Gasteiger partial charge in [0.05, 0.1) is 5.92 Å². The van der Waals surface area contributed by atoms with Crippen LogP contribution in [0.5, 0.6) is 0 Å². The predicted octanol–water partition coefficient (Wildman–Crippen LogP) is 2.41. The Labute approximate surface area is 102 Å². The Hall–Kier alpha value is -1.32. The van der Waals surface area contributed by atoms with Crippen LogP contribution in [-0.2, 0) is 11.8 Å². The molecule has 2 unspecified atom stereocenters. The van der Waals surface area contributed by atoms with E-state index in [2.05, 4.69) is 18.9 Å². The van der Waals surface area contributed by atoms with Crippen molar-refractivity contribution >= 4 is 5.97 Å². The van der Waals surface area contributed by atoms with Crippen molar-refractivity contribution in [3.8, 4) is 0 Å². The first kappa shape index (κ1) is 12.1. The second kappa shape index (κ2) is 4.17. The number of hydrogen-bond acceptors (Lipinski definition) is 2. The number of hydrogen-bond donors (Lipinski definition) is 1. The Morgan fingerprint density at radius 3 is 2.82 bits per heavy atom. The molecular formula is C13H20N2O2. The standard InChI is InChI=1S/C13H20N2O2/c1-13(2)6-4-9(12(16)17)10(8-13)11-5-7-14-15(11)3/h5,7,9-10H,4,6,8H2,1-3H3,(H,16,17). The van der Waals surface area contributed by atoms with Gasteiger partial charge in [0.15, 0.2) is 0 Å². The monoisotopic (exact) mass is 236 g/mol. The third-order valence-corrected chi connectivity index (χ3v) is 3.95. The molecule has 17 heavy (non-hydrogen) atoms. The van der Waals surface area contributed by atoms with Crippen molar-refractivity contribution < 1.29 is 9.90 Å². The second-order valence-corrected chi connectivity index (χ2v) is 5.84. The number of aryl methyl sites for hydroxylation is 1. The van der Waals surface area contributed by atoms with Crippen LogP contribution in [0.15, 0.2) is 12.3 Å². The van der Waals surface area contributed by atoms with Gasteiger partial charge in [0.25, 0.3) is 0 Å². The van der Waals surface area contributed by atoms with Gasteiger partial charge in [0, 0.05) is 24.9 Å². The molecule has 1 saturated carbocycles. The molecule has 0 spiro atoms. The summed E-state index contributed by atoms with van der Waals surface area (Å²) in [6.07, 6.45) is 4.41. The number of carboxylic acid groups (broad SMARTS) is 1. The number of rotatable bonds is 2. The third-order valence-electron chi connectivity index (χ3n) is 3.95. The largest absolute Gasteiger partial charge is 0.481 e. The molecule has 0 amide bonds. The Bertz CT molecular complexity index is 423. The van der Waals surface area contributed by atoms with Gasteiger partial charge < -0.3 is 5.11 Å². The summed E-state index contributed by atoms with van der Waals surface area (Å²) in [7, 11) is 1.88. The van der Waals surface area contributed by atoms with E-state index in [1.54, 1.807) is 6.20 Å². The number of carbonyl (C=O) groups is 1. The van der Waals surface area contributed by atoms with E-state index < -0.39 is 5.97 Å². The fourth-order valence-electron chi connectivity index (χ4n) is 2.94. The highest BCUT2D eigenvalue weighted by Gasteiger charge is 2.40. The highest BCUT2D eigenvalue weighted by molar-refractivity contribution is 5.71. The summed E-state index contributed by atoms with van der Waals surface area (Å²) < 4.78 is 1.81. The van der Waals surface area contributed by atoms with Crippen LogP contribution in [-0.4, -0.2) is 20.9 Å². The van der Waals surface area contributed by atoms with Crippen LogP contribution >= 0.6 is 0 Å². The minimum absolute atomic E-state index is 0.0868. The van der Waals surface area contributed by atoms with Gasteiger partial charge in [0.1, 0.15) is 0 Å². The highest BCUT2D eigenvalue weighted by atomic mass is 16.4. The number of aromatic nitrogens is 2. The third kappa shape index (κ3) is 2.35. The molecule has 0 aliphatic heterocycles. The molecule has 1 aliphatic rings. The summed E-state index contributed by atoms with van der Waals surface area (Å²) in [4.78, 5) is 11.4. The van der Waals surface area contributed by atoms with Gasteiger partial charge in [-0.25, -0.2) is 0 Å². The maximum Gasteiger partial charge on any atom is 0.307 e. The zero-order valence-corrected chi connectivity index (χ0v) is 10.7. The fourth-order valence-corrected chi connectivity index (χ4v) is 2.94. The normalized spacial score (nSPS) is 27.9. The molecule has 4 heteroatoms. The SMILES string of the molecule is Cn1nccc1C1CC(C)(C)CCC1C(=O)O. The first-order valence-corrected chi connectivity index (χ1v) is 6.11. The lowest BCUT2D eigenvalue weighted by molar-refractivity contribution is -0.144. The quantitative estimate of drug-likeness (QED) is 0.858. The van der Waals surface area contributed by atoms with Crippen LogP contribution in [0.25, 0.3) is 0 Å². The molecular weight excluding hydrogens is 216 g/mol. The van der Waals surface area contributed by atoms with Crippen LogP contribution in [0.1, 0.15) is 44.7 Å². The van der Waals surface area contributed by atoms with Gasteiger partial charge in [-0.15, -0.1) is 0 Å². The summed E-state index contributed by atoms with van der Waals surface area (Å²) in [6, 6.07) is 1.95. The highest BCUT2D eigenvalue weighted by Crippen LogP contribution is 2.46. The molecule has 2 rings (SSSR count). The second-order valence-electron chi connectivity index (χ2n) is 5.84. The number of aliphatic carboxylic acids is 1. The lowest BCUT2D eigenvalue weighted by Gasteiger charge is -2.39. The Balaban J connectivity index is 2.32. The molecule has 1 aliphatic carbocycles. The molecule has 2 atom stereocenters. The fraction of sp³-hybridized carbons (Fsp3) is 0.692. The maximum absolute atomic E-state index is 11.4. The lowest BCUT2D eigenvalue weighted by atomic mass is 9.66. The van der Waals surface area contributed by atoms with Crippen LogP contribution in [0, 0.1) is 11.3 Å². The Morgan fingerprint density at radius 1 is 1.59 bits per heavy atom. The van der Waals surface area contributed by atoms with Crippen LogP contribution in [0.3, 0.4) is 0 Å². The molecule has 0 aromatic carbocycles. The van der Waals surface area contributed by atoms with E-state index in [1.807, 2.05) is 17.8 Å². The Kier molecular flexibility index (Phi) is 2.98. The summed E-state index contributed by atoms with van der Waals surface area (Å²) in [5.41, 5.74) is 1.27. The van der Waals surface area contributed by atoms with E-state index in [1.165, 1.54) is 0 Å². The average molecular weight is 236 g/mol. The van der Waals surface area contributed by atoms with Gasteiger partial charge in [0.2, 0.25) is 0 Å². The van der Waals surface area contributed by atoms with E-state index >= 15 is 0 Å². The summed E-state index contributed by atoms with van der Waals surface area (Å²) in [6.45, 7) is 4.43. The van der Waals surface area contributed by atoms with Crippen LogP contribution in [0.4, 0.5) is 0 Å². The van der Waals surface area contributed by atoms with Gasteiger partial charge in [-0.05, 0) is 30.7 Å². The van der Waals surface area contributed by atoms with Gasteiger partial charge >= 0.3 is 5.97 Å². The van der Waals surface area contributed by atoms with Crippen molar-refractivity contribution in [2.75, 3.05) is 0 Å². The molecule has 94 valence electrons. The first-order chi connectivity index (χ1) is 7.91. The molecule has 0 radical (unpaired) electrons.